The van der Waals surface area contributed by atoms with Gasteiger partial charge in [0.25, 0.3) is 6.43 Å². The van der Waals surface area contributed by atoms with Gasteiger partial charge in [-0.05, 0) is 6.92 Å². The van der Waals surface area contributed by atoms with Crippen LogP contribution < -0.4 is 5.73 Å². The van der Waals surface area contributed by atoms with Gasteiger partial charge in [0, 0.05) is 23.7 Å². The van der Waals surface area contributed by atoms with Gasteiger partial charge in [-0.15, -0.1) is 0 Å². The summed E-state index contributed by atoms with van der Waals surface area (Å²) in [6.07, 6.45) is -2.45. The summed E-state index contributed by atoms with van der Waals surface area (Å²) in [5, 5.41) is 4.26. The lowest BCUT2D eigenvalue weighted by atomic mass is 10.1. The quantitative estimate of drug-likeness (QED) is 0.872. The molecule has 2 rings (SSSR count). The SMILES string of the molecule is Cc1c(-c2ccc(C(F)F)cc2)nn(C)c1N. The molecule has 0 spiro atoms. The molecule has 0 amide bonds. The smallest absolute Gasteiger partial charge is 0.263 e. The molecule has 0 bridgehead atoms. The largest absolute Gasteiger partial charge is 0.384 e. The summed E-state index contributed by atoms with van der Waals surface area (Å²) >= 11 is 0. The summed E-state index contributed by atoms with van der Waals surface area (Å²) in [4.78, 5) is 0. The maximum absolute atomic E-state index is 12.4. The van der Waals surface area contributed by atoms with Gasteiger partial charge in [0.1, 0.15) is 5.82 Å². The Morgan fingerprint density at radius 3 is 2.24 bits per heavy atom. The zero-order valence-corrected chi connectivity index (χ0v) is 9.61. The van der Waals surface area contributed by atoms with E-state index >= 15 is 0 Å². The van der Waals surface area contributed by atoms with Crippen molar-refractivity contribution in [3.05, 3.63) is 35.4 Å². The highest BCUT2D eigenvalue weighted by atomic mass is 19.3. The van der Waals surface area contributed by atoms with E-state index in [0.717, 1.165) is 16.8 Å². The summed E-state index contributed by atoms with van der Waals surface area (Å²) < 4.78 is 26.4. The van der Waals surface area contributed by atoms with E-state index in [1.807, 2.05) is 6.92 Å². The number of halogens is 2. The number of hydrogen-bond donors (Lipinski definition) is 1. The van der Waals surface area contributed by atoms with E-state index in [1.165, 1.54) is 12.1 Å². The molecule has 2 aromatic rings. The molecule has 0 saturated heterocycles. The summed E-state index contributed by atoms with van der Waals surface area (Å²) in [6.45, 7) is 1.86. The number of benzene rings is 1. The van der Waals surface area contributed by atoms with Gasteiger partial charge in [-0.25, -0.2) is 8.78 Å². The fraction of sp³-hybridized carbons (Fsp3) is 0.250. The Labute approximate surface area is 97.9 Å². The van der Waals surface area contributed by atoms with Gasteiger partial charge in [0.15, 0.2) is 0 Å². The van der Waals surface area contributed by atoms with Gasteiger partial charge in [0.2, 0.25) is 0 Å². The summed E-state index contributed by atoms with van der Waals surface area (Å²) in [5.74, 6) is 0.581. The van der Waals surface area contributed by atoms with Crippen LogP contribution in [0.4, 0.5) is 14.6 Å². The molecule has 0 aliphatic rings. The molecular formula is C12H13F2N3. The topological polar surface area (TPSA) is 43.8 Å². The minimum atomic E-state index is -2.45. The van der Waals surface area contributed by atoms with E-state index in [2.05, 4.69) is 5.10 Å². The Bertz CT molecular complexity index is 529. The Hall–Kier alpha value is -1.91. The van der Waals surface area contributed by atoms with Gasteiger partial charge < -0.3 is 5.73 Å². The highest BCUT2D eigenvalue weighted by Crippen LogP contribution is 2.27. The van der Waals surface area contributed by atoms with Crippen molar-refractivity contribution < 1.29 is 8.78 Å². The van der Waals surface area contributed by atoms with Crippen LogP contribution in [0.25, 0.3) is 11.3 Å². The summed E-state index contributed by atoms with van der Waals surface area (Å²) in [6, 6.07) is 6.08. The van der Waals surface area contributed by atoms with E-state index in [0.29, 0.717) is 5.82 Å². The van der Waals surface area contributed by atoms with Crippen molar-refractivity contribution in [2.24, 2.45) is 7.05 Å². The van der Waals surface area contributed by atoms with Crippen LogP contribution in [-0.4, -0.2) is 9.78 Å². The Morgan fingerprint density at radius 2 is 1.82 bits per heavy atom. The molecule has 90 valence electrons. The third-order valence-corrected chi connectivity index (χ3v) is 2.77. The van der Waals surface area contributed by atoms with Crippen LogP contribution in [0, 0.1) is 6.92 Å². The van der Waals surface area contributed by atoms with Crippen LogP contribution in [0.2, 0.25) is 0 Å². The monoisotopic (exact) mass is 237 g/mol. The molecule has 3 nitrogen and oxygen atoms in total. The second-order valence-corrected chi connectivity index (χ2v) is 3.91. The Morgan fingerprint density at radius 1 is 1.24 bits per heavy atom. The molecule has 1 heterocycles. The molecule has 1 aromatic heterocycles. The van der Waals surface area contributed by atoms with E-state index in [4.69, 9.17) is 5.73 Å². The number of anilines is 1. The van der Waals surface area contributed by atoms with Crippen molar-refractivity contribution in [2.75, 3.05) is 5.73 Å². The number of alkyl halides is 2. The lowest BCUT2D eigenvalue weighted by molar-refractivity contribution is 0.151. The van der Waals surface area contributed by atoms with Crippen LogP contribution in [0.15, 0.2) is 24.3 Å². The van der Waals surface area contributed by atoms with E-state index in [-0.39, 0.29) is 5.56 Å². The van der Waals surface area contributed by atoms with Gasteiger partial charge in [-0.2, -0.15) is 5.10 Å². The third kappa shape index (κ3) is 2.00. The van der Waals surface area contributed by atoms with Crippen molar-refractivity contribution in [1.82, 2.24) is 9.78 Å². The van der Waals surface area contributed by atoms with Crippen LogP contribution >= 0.6 is 0 Å². The molecule has 2 N–H and O–H groups in total. The number of nitrogens with zero attached hydrogens (tertiary/aromatic N) is 2. The fourth-order valence-electron chi connectivity index (χ4n) is 1.70. The number of rotatable bonds is 2. The minimum Gasteiger partial charge on any atom is -0.384 e. The molecule has 17 heavy (non-hydrogen) atoms. The second kappa shape index (κ2) is 4.16. The zero-order valence-electron chi connectivity index (χ0n) is 9.61. The van der Waals surface area contributed by atoms with E-state index in [1.54, 1.807) is 23.9 Å². The van der Waals surface area contributed by atoms with Crippen LogP contribution in [-0.2, 0) is 7.05 Å². The predicted molar refractivity (Wildman–Crippen MR) is 62.8 cm³/mol. The molecule has 0 saturated carbocycles. The molecule has 0 fully saturated rings. The molecule has 0 atom stereocenters. The summed E-state index contributed by atoms with van der Waals surface area (Å²) in [5.41, 5.74) is 8.19. The average Bonchev–Trinajstić information content (AvgIpc) is 2.57. The predicted octanol–water partition coefficient (Wildman–Crippen LogP) is 2.92. The minimum absolute atomic E-state index is 0.00954. The van der Waals surface area contributed by atoms with Crippen molar-refractivity contribution in [3.63, 3.8) is 0 Å². The normalized spacial score (nSPS) is 11.1. The van der Waals surface area contributed by atoms with E-state index < -0.39 is 6.43 Å². The zero-order chi connectivity index (χ0) is 12.6. The lowest BCUT2D eigenvalue weighted by Gasteiger charge is -2.02. The van der Waals surface area contributed by atoms with Crippen LogP contribution in [0.5, 0.6) is 0 Å². The van der Waals surface area contributed by atoms with Gasteiger partial charge >= 0.3 is 0 Å². The average molecular weight is 237 g/mol. The maximum Gasteiger partial charge on any atom is 0.263 e. The first kappa shape index (κ1) is 11.6. The van der Waals surface area contributed by atoms with Crippen molar-refractivity contribution in [3.8, 4) is 11.3 Å². The molecule has 5 heteroatoms. The summed E-state index contributed by atoms with van der Waals surface area (Å²) in [7, 11) is 1.75. The third-order valence-electron chi connectivity index (χ3n) is 2.77. The maximum atomic E-state index is 12.4. The molecule has 0 radical (unpaired) electrons. The van der Waals surface area contributed by atoms with Gasteiger partial charge in [0.05, 0.1) is 5.69 Å². The number of nitrogen functional groups attached to an aromatic ring is 1. The van der Waals surface area contributed by atoms with Crippen molar-refractivity contribution in [2.45, 2.75) is 13.3 Å². The van der Waals surface area contributed by atoms with Crippen molar-refractivity contribution in [1.29, 1.82) is 0 Å². The number of aromatic nitrogens is 2. The molecular weight excluding hydrogens is 224 g/mol. The number of nitrogens with two attached hydrogens (primary N) is 1. The van der Waals surface area contributed by atoms with Crippen LogP contribution in [0.1, 0.15) is 17.6 Å². The highest BCUT2D eigenvalue weighted by molar-refractivity contribution is 5.68. The first-order chi connectivity index (χ1) is 8.00. The fourth-order valence-corrected chi connectivity index (χ4v) is 1.70. The molecule has 0 aliphatic heterocycles. The van der Waals surface area contributed by atoms with Crippen molar-refractivity contribution >= 4 is 5.82 Å². The Balaban J connectivity index is 2.43. The Kier molecular flexibility index (Phi) is 2.83. The first-order valence-electron chi connectivity index (χ1n) is 5.18. The molecule has 0 unspecified atom stereocenters. The lowest BCUT2D eigenvalue weighted by Crippen LogP contribution is -1.97. The van der Waals surface area contributed by atoms with E-state index in [9.17, 15) is 8.78 Å². The second-order valence-electron chi connectivity index (χ2n) is 3.91. The highest BCUT2D eigenvalue weighted by Gasteiger charge is 2.12. The standard InChI is InChI=1S/C12H13F2N3/c1-7-10(16-17(2)12(7)15)8-3-5-9(6-4-8)11(13)14/h3-6,11H,15H2,1-2H3. The van der Waals surface area contributed by atoms with Gasteiger partial charge in [-0.3, -0.25) is 4.68 Å². The van der Waals surface area contributed by atoms with Gasteiger partial charge in [-0.1, -0.05) is 24.3 Å². The molecule has 1 aromatic carbocycles. The number of aryl methyl sites for hydroxylation is 1. The van der Waals surface area contributed by atoms with Crippen LogP contribution in [0.3, 0.4) is 0 Å². The first-order valence-corrected chi connectivity index (χ1v) is 5.18. The molecule has 0 aliphatic carbocycles. The number of hydrogen-bond acceptors (Lipinski definition) is 2.